The molecule has 2 heterocycles. The number of amides is 3. The summed E-state index contributed by atoms with van der Waals surface area (Å²) in [5.74, 6) is -1.11. The summed E-state index contributed by atoms with van der Waals surface area (Å²) < 4.78 is 0.649. The Hall–Kier alpha value is -3.56. The lowest BCUT2D eigenvalue weighted by atomic mass is 10.1. The first kappa shape index (κ1) is 24.6. The smallest absolute Gasteiger partial charge is 0.264 e. The van der Waals surface area contributed by atoms with Gasteiger partial charge in [0.1, 0.15) is 0 Å². The van der Waals surface area contributed by atoms with Crippen molar-refractivity contribution in [3.8, 4) is 0 Å². The number of pyridine rings is 1. The molecule has 0 aliphatic carbocycles. The molecule has 9 heteroatoms. The third-order valence-corrected chi connectivity index (χ3v) is 6.27. The van der Waals surface area contributed by atoms with Gasteiger partial charge in [-0.3, -0.25) is 19.4 Å². The minimum Gasteiger partial charge on any atom is -0.349 e. The van der Waals surface area contributed by atoms with Crippen LogP contribution in [0.1, 0.15) is 37.4 Å². The molecule has 1 unspecified atom stereocenters. The predicted molar refractivity (Wildman–Crippen MR) is 135 cm³/mol. The minimum absolute atomic E-state index is 0.226. The molecular formula is C26H26BrN5O3. The quantitative estimate of drug-likeness (QED) is 0.504. The number of rotatable bonds is 6. The molecule has 3 amide bonds. The van der Waals surface area contributed by atoms with Gasteiger partial charge in [-0.2, -0.15) is 0 Å². The summed E-state index contributed by atoms with van der Waals surface area (Å²) in [5.41, 5.74) is 9.29. The van der Waals surface area contributed by atoms with Gasteiger partial charge < -0.3 is 20.9 Å². The van der Waals surface area contributed by atoms with Gasteiger partial charge >= 0.3 is 0 Å². The number of carbonyl (C=O) groups is 3. The standard InChI is InChI=1S/C26H26BrN5O3/c1-17-4-2-7-20(10-17)25(34)31-8-9-32(26(35)21-12-22(27)16-29-15-21)24(31)23(33)30-14-19-6-3-5-18(11-19)13-28/h2-7,10-12,15-16,24H,8-9,13-14,28H2,1H3,(H,30,33). The Bertz CT molecular complexity index is 1200. The normalized spacial score (nSPS) is 15.2. The van der Waals surface area contributed by atoms with E-state index in [1.165, 1.54) is 16.0 Å². The van der Waals surface area contributed by atoms with Gasteiger partial charge in [0.25, 0.3) is 17.7 Å². The molecule has 2 aromatic carbocycles. The van der Waals surface area contributed by atoms with Crippen LogP contribution in [0.5, 0.6) is 0 Å². The molecule has 0 bridgehead atoms. The highest BCUT2D eigenvalue weighted by atomic mass is 79.9. The summed E-state index contributed by atoms with van der Waals surface area (Å²) in [5, 5.41) is 2.90. The Labute approximate surface area is 212 Å². The SMILES string of the molecule is Cc1cccc(C(=O)N2CCN(C(=O)c3cncc(Br)c3)C2C(=O)NCc2cccc(CN)c2)c1. The van der Waals surface area contributed by atoms with Crippen molar-refractivity contribution in [1.82, 2.24) is 20.1 Å². The van der Waals surface area contributed by atoms with Crippen LogP contribution >= 0.6 is 15.9 Å². The number of hydrogen-bond donors (Lipinski definition) is 2. The van der Waals surface area contributed by atoms with E-state index in [0.29, 0.717) is 22.1 Å². The van der Waals surface area contributed by atoms with E-state index >= 15 is 0 Å². The molecule has 1 aliphatic heterocycles. The number of nitrogens with zero attached hydrogens (tertiary/aromatic N) is 3. The van der Waals surface area contributed by atoms with Gasteiger partial charge in [-0.1, -0.05) is 42.0 Å². The molecule has 8 nitrogen and oxygen atoms in total. The van der Waals surface area contributed by atoms with Crippen LogP contribution in [0, 0.1) is 6.92 Å². The fourth-order valence-electron chi connectivity index (χ4n) is 4.12. The maximum absolute atomic E-state index is 13.5. The Morgan fingerprint density at radius 3 is 2.34 bits per heavy atom. The van der Waals surface area contributed by atoms with Crippen LogP contribution in [-0.2, 0) is 17.9 Å². The summed E-state index contributed by atoms with van der Waals surface area (Å²) in [6.07, 6.45) is 1.94. The number of aromatic nitrogens is 1. The van der Waals surface area contributed by atoms with Gasteiger partial charge in [-0.25, -0.2) is 0 Å². The summed E-state index contributed by atoms with van der Waals surface area (Å²) >= 11 is 3.33. The fraction of sp³-hybridized carbons (Fsp3) is 0.231. The monoisotopic (exact) mass is 535 g/mol. The van der Waals surface area contributed by atoms with Crippen molar-refractivity contribution in [3.63, 3.8) is 0 Å². The number of nitrogens with two attached hydrogens (primary N) is 1. The lowest BCUT2D eigenvalue weighted by Gasteiger charge is -2.29. The Kier molecular flexibility index (Phi) is 7.57. The molecule has 1 aromatic heterocycles. The molecule has 1 saturated heterocycles. The van der Waals surface area contributed by atoms with Crippen molar-refractivity contribution in [3.05, 3.63) is 99.3 Å². The van der Waals surface area contributed by atoms with Crippen LogP contribution in [0.15, 0.2) is 71.5 Å². The Morgan fingerprint density at radius 1 is 0.971 bits per heavy atom. The molecule has 1 fully saturated rings. The lowest BCUT2D eigenvalue weighted by molar-refractivity contribution is -0.128. The molecule has 0 radical (unpaired) electrons. The first-order valence-corrected chi connectivity index (χ1v) is 12.0. The fourth-order valence-corrected chi connectivity index (χ4v) is 4.49. The van der Waals surface area contributed by atoms with E-state index in [-0.39, 0.29) is 31.4 Å². The third kappa shape index (κ3) is 5.58. The van der Waals surface area contributed by atoms with Gasteiger partial charge in [0.2, 0.25) is 0 Å². The molecule has 1 atom stereocenters. The maximum Gasteiger partial charge on any atom is 0.264 e. The molecular weight excluding hydrogens is 510 g/mol. The zero-order chi connectivity index (χ0) is 24.9. The van der Waals surface area contributed by atoms with Crippen LogP contribution in [0.25, 0.3) is 0 Å². The number of benzene rings is 2. The number of carbonyl (C=O) groups excluding carboxylic acids is 3. The van der Waals surface area contributed by atoms with Crippen molar-refractivity contribution in [2.75, 3.05) is 13.1 Å². The van der Waals surface area contributed by atoms with Gasteiger partial charge in [0.05, 0.1) is 5.56 Å². The summed E-state index contributed by atoms with van der Waals surface area (Å²) in [7, 11) is 0. The van der Waals surface area contributed by atoms with Crippen LogP contribution in [-0.4, -0.2) is 51.8 Å². The molecule has 3 N–H and O–H groups in total. The van der Waals surface area contributed by atoms with Gasteiger partial charge in [0, 0.05) is 48.6 Å². The third-order valence-electron chi connectivity index (χ3n) is 5.84. The van der Waals surface area contributed by atoms with Crippen molar-refractivity contribution < 1.29 is 14.4 Å². The Morgan fingerprint density at radius 2 is 1.66 bits per heavy atom. The molecule has 3 aromatic rings. The van der Waals surface area contributed by atoms with Crippen LogP contribution in [0.2, 0.25) is 0 Å². The van der Waals surface area contributed by atoms with E-state index in [9.17, 15) is 14.4 Å². The van der Waals surface area contributed by atoms with E-state index in [0.717, 1.165) is 16.7 Å². The highest BCUT2D eigenvalue weighted by Gasteiger charge is 2.43. The van der Waals surface area contributed by atoms with Crippen molar-refractivity contribution in [2.45, 2.75) is 26.2 Å². The molecule has 4 rings (SSSR count). The van der Waals surface area contributed by atoms with E-state index in [1.807, 2.05) is 37.3 Å². The van der Waals surface area contributed by atoms with E-state index in [4.69, 9.17) is 5.73 Å². The van der Waals surface area contributed by atoms with E-state index < -0.39 is 12.1 Å². The molecule has 1 aliphatic rings. The number of halogens is 1. The summed E-state index contributed by atoms with van der Waals surface area (Å²) in [6, 6.07) is 16.4. The van der Waals surface area contributed by atoms with Crippen molar-refractivity contribution >= 4 is 33.7 Å². The lowest BCUT2D eigenvalue weighted by Crippen LogP contribution is -2.53. The molecule has 35 heavy (non-hydrogen) atoms. The molecule has 0 saturated carbocycles. The molecule has 180 valence electrons. The van der Waals surface area contributed by atoms with E-state index in [1.54, 1.807) is 30.5 Å². The van der Waals surface area contributed by atoms with Gasteiger partial charge in [-0.15, -0.1) is 0 Å². The zero-order valence-corrected chi connectivity index (χ0v) is 20.9. The zero-order valence-electron chi connectivity index (χ0n) is 19.3. The topological polar surface area (TPSA) is 109 Å². The number of aryl methyl sites for hydroxylation is 1. The van der Waals surface area contributed by atoms with Crippen LogP contribution in [0.3, 0.4) is 0 Å². The summed E-state index contributed by atoms with van der Waals surface area (Å²) in [4.78, 5) is 47.2. The van der Waals surface area contributed by atoms with Crippen molar-refractivity contribution in [1.29, 1.82) is 0 Å². The van der Waals surface area contributed by atoms with Crippen molar-refractivity contribution in [2.24, 2.45) is 5.73 Å². The second-order valence-corrected chi connectivity index (χ2v) is 9.29. The average molecular weight is 536 g/mol. The molecule has 0 spiro atoms. The summed E-state index contributed by atoms with van der Waals surface area (Å²) in [6.45, 7) is 3.00. The largest absolute Gasteiger partial charge is 0.349 e. The Balaban J connectivity index is 1.61. The number of nitrogens with one attached hydrogen (secondary N) is 1. The van der Waals surface area contributed by atoms with Gasteiger partial charge in [-0.05, 0) is 52.2 Å². The second-order valence-electron chi connectivity index (χ2n) is 8.37. The highest BCUT2D eigenvalue weighted by Crippen LogP contribution is 2.22. The number of hydrogen-bond acceptors (Lipinski definition) is 5. The van der Waals surface area contributed by atoms with Crippen LogP contribution in [0.4, 0.5) is 0 Å². The van der Waals surface area contributed by atoms with Gasteiger partial charge in [0.15, 0.2) is 6.17 Å². The second kappa shape index (κ2) is 10.8. The predicted octanol–water partition coefficient (Wildman–Crippen LogP) is 2.85. The van der Waals surface area contributed by atoms with Crippen LogP contribution < -0.4 is 11.1 Å². The van der Waals surface area contributed by atoms with E-state index in [2.05, 4.69) is 26.2 Å². The maximum atomic E-state index is 13.5. The first-order valence-electron chi connectivity index (χ1n) is 11.2. The highest BCUT2D eigenvalue weighted by molar-refractivity contribution is 9.10. The average Bonchev–Trinajstić information content (AvgIpc) is 3.31. The minimum atomic E-state index is -1.09. The first-order chi connectivity index (χ1) is 16.9.